The lowest BCUT2D eigenvalue weighted by Crippen LogP contribution is -2.45. The summed E-state index contributed by atoms with van der Waals surface area (Å²) in [4.78, 5) is 0. The minimum absolute atomic E-state index is 0.569. The third-order valence-electron chi connectivity index (χ3n) is 9.33. The second-order valence-corrected chi connectivity index (χ2v) is 33.9. The van der Waals surface area contributed by atoms with E-state index in [0.29, 0.717) is 0 Å². The maximum Gasteiger partial charge on any atom is 0.173 e. The van der Waals surface area contributed by atoms with Crippen LogP contribution in [0.3, 0.4) is 0 Å². The molecule has 1 aromatic rings. The summed E-state index contributed by atoms with van der Waals surface area (Å²) in [5.41, 5.74) is 0. The lowest BCUT2D eigenvalue weighted by molar-refractivity contribution is 0.554. The van der Waals surface area contributed by atoms with Crippen molar-refractivity contribution in [2.45, 2.75) is 174 Å². The Bertz CT molecular complexity index is 840. The van der Waals surface area contributed by atoms with Gasteiger partial charge >= 0.3 is 0 Å². The van der Waals surface area contributed by atoms with Crippen molar-refractivity contribution in [3.05, 3.63) is 24.3 Å². The minimum Gasteiger partial charge on any atom is -0.458 e. The van der Waals surface area contributed by atoms with E-state index in [1.807, 2.05) is 6.92 Å². The Morgan fingerprint density at radius 2 is 0.905 bits per heavy atom. The third kappa shape index (κ3) is 18.9. The number of unbranched alkanes of at least 4 members (excludes halogenated alkanes) is 13. The molecule has 246 valence electrons. The molecule has 1 atom stereocenters. The minimum atomic E-state index is -1.38. The Kier molecular flexibility index (Phi) is 20.9. The molecule has 0 N–H and O–H groups in total. The van der Waals surface area contributed by atoms with Gasteiger partial charge in [0.25, 0.3) is 0 Å². The van der Waals surface area contributed by atoms with Crippen LogP contribution in [0.1, 0.15) is 103 Å². The van der Waals surface area contributed by atoms with E-state index < -0.39 is 44.3 Å². The summed E-state index contributed by atoms with van der Waals surface area (Å²) in [5.74, 6) is 1.73. The van der Waals surface area contributed by atoms with Gasteiger partial charge in [0.1, 0.15) is 0 Å². The fraction of sp³-hybridized carbons (Fsp3) is 0.829. The smallest absolute Gasteiger partial charge is 0.173 e. The van der Waals surface area contributed by atoms with Crippen molar-refractivity contribution in [1.29, 1.82) is 0 Å². The van der Waals surface area contributed by atoms with Crippen LogP contribution < -0.4 is 10.4 Å². The quantitative estimate of drug-likeness (QED) is 0.0725. The summed E-state index contributed by atoms with van der Waals surface area (Å²) in [6.45, 7) is 21.8. The van der Waals surface area contributed by atoms with Gasteiger partial charge < -0.3 is 4.12 Å². The summed E-state index contributed by atoms with van der Waals surface area (Å²) in [6.07, 6.45) is 20.5. The molecule has 2 nitrogen and oxygen atoms in total. The van der Waals surface area contributed by atoms with E-state index in [1.54, 1.807) is 10.4 Å². The van der Waals surface area contributed by atoms with Crippen molar-refractivity contribution >= 4 is 54.7 Å². The molecule has 0 aliphatic heterocycles. The lowest BCUT2D eigenvalue weighted by Gasteiger charge is -2.27. The molecule has 0 amide bonds. The largest absolute Gasteiger partial charge is 0.458 e. The molecular formula is C35H72O2SSi4. The van der Waals surface area contributed by atoms with E-state index in [0.717, 1.165) is 17.9 Å². The van der Waals surface area contributed by atoms with Crippen LogP contribution in [0, 0.1) is 0 Å². The van der Waals surface area contributed by atoms with Crippen LogP contribution in [0.2, 0.25) is 70.5 Å². The zero-order chi connectivity index (χ0) is 31.5. The average Bonchev–Trinajstić information content (AvgIpc) is 2.92. The van der Waals surface area contributed by atoms with Gasteiger partial charge in [-0.1, -0.05) is 170 Å². The number of rotatable bonds is 26. The molecule has 0 fully saturated rings. The second kappa shape index (κ2) is 21.8. The predicted molar refractivity (Wildman–Crippen MR) is 205 cm³/mol. The highest BCUT2D eigenvalue weighted by molar-refractivity contribution is 7.84. The molecule has 0 spiro atoms. The molecule has 0 radical (unpaired) electrons. The Morgan fingerprint density at radius 3 is 1.26 bits per heavy atom. The first-order valence-corrected chi connectivity index (χ1v) is 31.7. The Hall–Kier alpha value is 0.198. The van der Waals surface area contributed by atoms with Crippen LogP contribution in [0.15, 0.2) is 24.3 Å². The lowest BCUT2D eigenvalue weighted by atomic mass is 10.1. The highest BCUT2D eigenvalue weighted by Gasteiger charge is 2.26. The predicted octanol–water partition coefficient (Wildman–Crippen LogP) is 10.3. The maximum atomic E-state index is 11.5. The Balaban J connectivity index is 2.22. The van der Waals surface area contributed by atoms with Crippen molar-refractivity contribution in [3.63, 3.8) is 0 Å². The first-order chi connectivity index (χ1) is 19.8. The number of benzene rings is 1. The topological polar surface area (TPSA) is 26.3 Å². The second-order valence-electron chi connectivity index (χ2n) is 15.3. The molecule has 0 heterocycles. The molecule has 0 aliphatic carbocycles. The van der Waals surface area contributed by atoms with Crippen molar-refractivity contribution < 1.29 is 8.32 Å². The van der Waals surface area contributed by atoms with E-state index in [1.165, 1.54) is 108 Å². The van der Waals surface area contributed by atoms with Gasteiger partial charge in [-0.05, 0) is 38.7 Å². The van der Waals surface area contributed by atoms with Gasteiger partial charge in [0.2, 0.25) is 0 Å². The van der Waals surface area contributed by atoms with E-state index in [-0.39, 0.29) is 0 Å². The Morgan fingerprint density at radius 1 is 0.571 bits per heavy atom. The van der Waals surface area contributed by atoms with Crippen LogP contribution in [-0.4, -0.2) is 49.2 Å². The molecule has 0 aromatic heterocycles. The van der Waals surface area contributed by atoms with Crippen LogP contribution in [0.25, 0.3) is 0 Å². The van der Waals surface area contributed by atoms with Gasteiger partial charge in [0.15, 0.2) is 17.4 Å². The summed E-state index contributed by atoms with van der Waals surface area (Å²) in [7, 11) is -5.52. The van der Waals surface area contributed by atoms with Crippen LogP contribution in [0.5, 0.6) is 0 Å². The summed E-state index contributed by atoms with van der Waals surface area (Å²) < 4.78 is 17.8. The number of hydrogen-bond donors (Lipinski definition) is 0. The van der Waals surface area contributed by atoms with E-state index in [2.05, 4.69) is 76.6 Å². The van der Waals surface area contributed by atoms with E-state index >= 15 is 0 Å². The normalized spacial score (nSPS) is 13.7. The van der Waals surface area contributed by atoms with Crippen LogP contribution >= 0.6 is 0 Å². The molecule has 0 saturated heterocycles. The van der Waals surface area contributed by atoms with Crippen molar-refractivity contribution in [2.24, 2.45) is 0 Å². The first-order valence-electron chi connectivity index (χ1n) is 17.9. The summed E-state index contributed by atoms with van der Waals surface area (Å²) in [5, 5.41) is 3.32. The highest BCUT2D eigenvalue weighted by atomic mass is 32.2. The zero-order valence-corrected chi connectivity index (χ0v) is 34.7. The molecule has 7 heteroatoms. The van der Waals surface area contributed by atoms with Gasteiger partial charge in [-0.15, -0.1) is 0 Å². The van der Waals surface area contributed by atoms with Crippen molar-refractivity contribution in [2.75, 3.05) is 11.5 Å². The monoisotopic (exact) mass is 668 g/mol. The number of hydrogen-bond acceptors (Lipinski definition) is 2. The van der Waals surface area contributed by atoms with Crippen molar-refractivity contribution in [1.82, 2.24) is 0 Å². The standard InChI is InChI=1S/C35H72O2SSi4/c1-10-38(36)30-22-18-14-12-11-13-15-19-23-31-40(4,5)34-26-28-35(29-27-34)41(6,7)32-24-20-16-17-21-25-33-42(8,9)37-39(2)3/h26-29,39H,10-25,30-33H2,1-9H3. The van der Waals surface area contributed by atoms with Gasteiger partial charge in [0.05, 0.1) is 16.1 Å². The van der Waals surface area contributed by atoms with Gasteiger partial charge in [-0.3, -0.25) is 4.21 Å². The molecule has 1 aromatic carbocycles. The maximum absolute atomic E-state index is 11.5. The van der Waals surface area contributed by atoms with E-state index in [9.17, 15) is 4.21 Å². The average molecular weight is 669 g/mol. The molecule has 1 unspecified atom stereocenters. The first kappa shape index (κ1) is 40.2. The molecule has 0 saturated carbocycles. The highest BCUT2D eigenvalue weighted by Crippen LogP contribution is 2.21. The van der Waals surface area contributed by atoms with Gasteiger partial charge in [0, 0.05) is 22.3 Å². The Labute approximate surface area is 271 Å². The fourth-order valence-corrected chi connectivity index (χ4v) is 18.9. The molecule has 42 heavy (non-hydrogen) atoms. The third-order valence-corrected chi connectivity index (χ3v) is 23.7. The zero-order valence-electron chi connectivity index (χ0n) is 29.8. The van der Waals surface area contributed by atoms with Gasteiger partial charge in [-0.2, -0.15) is 0 Å². The molecule has 0 aliphatic rings. The molecule has 0 bridgehead atoms. The van der Waals surface area contributed by atoms with Crippen LogP contribution in [0.4, 0.5) is 0 Å². The van der Waals surface area contributed by atoms with Crippen LogP contribution in [-0.2, 0) is 14.9 Å². The molecule has 1 rings (SSSR count). The SMILES string of the molecule is CCS(=O)CCCCCCCCCCC[Si](C)(C)c1ccc([Si](C)(C)CCCCCCCC[Si](C)(C)O[SiH](C)C)cc1. The summed E-state index contributed by atoms with van der Waals surface area (Å²) >= 11 is 0. The van der Waals surface area contributed by atoms with E-state index in [4.69, 9.17) is 4.12 Å². The summed E-state index contributed by atoms with van der Waals surface area (Å²) in [6, 6.07) is 14.3. The fourth-order valence-electron chi connectivity index (χ4n) is 6.39. The van der Waals surface area contributed by atoms with Crippen molar-refractivity contribution in [3.8, 4) is 0 Å². The molecular weight excluding hydrogens is 597 g/mol. The van der Waals surface area contributed by atoms with Gasteiger partial charge in [-0.25, -0.2) is 0 Å².